The summed E-state index contributed by atoms with van der Waals surface area (Å²) in [6.45, 7) is 7.85. The molecular formula is C26H32F3N7O3. The minimum atomic E-state index is -4.70. The van der Waals surface area contributed by atoms with E-state index >= 15 is 0 Å². The summed E-state index contributed by atoms with van der Waals surface area (Å²) in [5, 5.41) is 16.7. The highest BCUT2D eigenvalue weighted by atomic mass is 19.4. The molecule has 1 amide bonds. The molecule has 3 aromatic rings. The lowest BCUT2D eigenvalue weighted by atomic mass is 9.77. The molecule has 0 radical (unpaired) electrons. The molecule has 5 heterocycles. The van der Waals surface area contributed by atoms with Gasteiger partial charge in [-0.3, -0.25) is 0 Å². The van der Waals surface area contributed by atoms with Gasteiger partial charge in [0.1, 0.15) is 17.4 Å². The van der Waals surface area contributed by atoms with Gasteiger partial charge in [0.05, 0.1) is 24.4 Å². The van der Waals surface area contributed by atoms with Crippen molar-refractivity contribution < 1.29 is 27.8 Å². The van der Waals surface area contributed by atoms with Gasteiger partial charge in [-0.15, -0.1) is 0 Å². The second-order valence-corrected chi connectivity index (χ2v) is 11.0. The number of halogens is 3. The van der Waals surface area contributed by atoms with Gasteiger partial charge in [0.25, 0.3) is 0 Å². The molecule has 5 rings (SSSR count). The quantitative estimate of drug-likeness (QED) is 0.434. The Hall–Kier alpha value is -3.45. The lowest BCUT2D eigenvalue weighted by molar-refractivity contribution is -0.137. The topological polar surface area (TPSA) is 117 Å². The summed E-state index contributed by atoms with van der Waals surface area (Å²) in [6.07, 6.45) is -0.967. The molecular weight excluding hydrogens is 515 g/mol. The number of nitrogens with zero attached hydrogens (tertiary/aromatic N) is 5. The van der Waals surface area contributed by atoms with Gasteiger partial charge in [-0.2, -0.15) is 13.2 Å². The predicted octanol–water partition coefficient (Wildman–Crippen LogP) is 4.60. The van der Waals surface area contributed by atoms with Crippen molar-refractivity contribution in [2.24, 2.45) is 5.41 Å². The Balaban J connectivity index is 1.59. The number of hydrogen-bond donors (Lipinski definition) is 3. The number of fused-ring (bicyclic) bond motifs is 1. The van der Waals surface area contributed by atoms with Crippen molar-refractivity contribution in [3.05, 3.63) is 36.3 Å². The molecule has 0 aromatic carbocycles. The second kappa shape index (κ2) is 10.3. The molecule has 10 nitrogen and oxygen atoms in total. The van der Waals surface area contributed by atoms with Crippen LogP contribution in [0.25, 0.3) is 22.3 Å². The molecule has 2 aliphatic rings. The average molecular weight is 548 g/mol. The van der Waals surface area contributed by atoms with Crippen molar-refractivity contribution in [3.8, 4) is 11.3 Å². The first kappa shape index (κ1) is 27.1. The minimum absolute atomic E-state index is 0.00450. The molecule has 3 aromatic heterocycles. The van der Waals surface area contributed by atoms with E-state index in [9.17, 15) is 23.1 Å². The van der Waals surface area contributed by atoms with Crippen molar-refractivity contribution in [2.75, 3.05) is 31.6 Å². The number of aromatic nitrogens is 4. The number of amides is 1. The highest BCUT2D eigenvalue weighted by molar-refractivity contribution is 5.94. The molecule has 2 fully saturated rings. The SMILES string of the molecule is CC(C)(C)C1C(Nc2ncc(C(F)(F)F)c(-c3cn(C4CNCCO4)c4ncccc34)n2)CCCN1C(=O)O. The van der Waals surface area contributed by atoms with E-state index in [0.29, 0.717) is 50.1 Å². The molecule has 3 unspecified atom stereocenters. The van der Waals surface area contributed by atoms with Gasteiger partial charge in [-0.1, -0.05) is 20.8 Å². The molecule has 2 aliphatic heterocycles. The standard InChI is InChI=1S/C26H32F3N7O3/c1-25(2,3)21-18(7-5-10-35(21)24(37)38)33-23-32-12-17(26(27,28)29)20(34-23)16-14-36(19-13-30-9-11-39-19)22-15(16)6-4-8-31-22/h4,6,8,12,14,18-19,21,30H,5,7,9-11,13H2,1-3H3,(H,37,38)(H,32,33,34). The number of ether oxygens (including phenoxy) is 1. The van der Waals surface area contributed by atoms with Crippen LogP contribution in [0.5, 0.6) is 0 Å². The van der Waals surface area contributed by atoms with Gasteiger partial charge >= 0.3 is 12.3 Å². The van der Waals surface area contributed by atoms with Crippen LogP contribution < -0.4 is 10.6 Å². The number of piperidine rings is 1. The van der Waals surface area contributed by atoms with E-state index in [4.69, 9.17) is 4.74 Å². The van der Waals surface area contributed by atoms with Crippen molar-refractivity contribution in [1.82, 2.24) is 29.7 Å². The molecule has 3 atom stereocenters. The number of hydrogen-bond acceptors (Lipinski definition) is 7. The second-order valence-electron chi connectivity index (χ2n) is 11.0. The Bertz CT molecular complexity index is 1350. The first-order valence-corrected chi connectivity index (χ1v) is 12.9. The van der Waals surface area contributed by atoms with Crippen molar-refractivity contribution in [2.45, 2.75) is 58.1 Å². The van der Waals surface area contributed by atoms with E-state index in [0.717, 1.165) is 6.20 Å². The molecule has 0 aliphatic carbocycles. The van der Waals surface area contributed by atoms with Crippen LogP contribution in [0, 0.1) is 5.41 Å². The van der Waals surface area contributed by atoms with Gasteiger partial charge in [-0.25, -0.2) is 19.7 Å². The number of anilines is 1. The van der Waals surface area contributed by atoms with Crippen LogP contribution >= 0.6 is 0 Å². The third kappa shape index (κ3) is 5.37. The first-order chi connectivity index (χ1) is 18.4. The lowest BCUT2D eigenvalue weighted by Gasteiger charge is -2.46. The molecule has 13 heteroatoms. The zero-order valence-electron chi connectivity index (χ0n) is 22.0. The normalized spacial score (nSPS) is 22.7. The smallest absolute Gasteiger partial charge is 0.419 e. The van der Waals surface area contributed by atoms with Crippen LogP contribution in [0.2, 0.25) is 0 Å². The number of rotatable bonds is 4. The summed E-state index contributed by atoms with van der Waals surface area (Å²) in [6, 6.07) is 2.56. The summed E-state index contributed by atoms with van der Waals surface area (Å²) < 4.78 is 50.2. The largest absolute Gasteiger partial charge is 0.465 e. The minimum Gasteiger partial charge on any atom is -0.465 e. The lowest BCUT2D eigenvalue weighted by Crippen LogP contribution is -2.58. The molecule has 0 spiro atoms. The van der Waals surface area contributed by atoms with E-state index in [1.807, 2.05) is 20.8 Å². The summed E-state index contributed by atoms with van der Waals surface area (Å²) in [5.74, 6) is 0.00450. The van der Waals surface area contributed by atoms with Crippen molar-refractivity contribution in [3.63, 3.8) is 0 Å². The van der Waals surface area contributed by atoms with Gasteiger partial charge < -0.3 is 29.9 Å². The van der Waals surface area contributed by atoms with Gasteiger partial charge in [0.2, 0.25) is 5.95 Å². The van der Waals surface area contributed by atoms with Crippen molar-refractivity contribution in [1.29, 1.82) is 0 Å². The monoisotopic (exact) mass is 547 g/mol. The van der Waals surface area contributed by atoms with Crippen LogP contribution in [-0.4, -0.2) is 73.9 Å². The van der Waals surface area contributed by atoms with E-state index in [2.05, 4.69) is 25.6 Å². The number of pyridine rings is 1. The van der Waals surface area contributed by atoms with E-state index in [1.54, 1.807) is 29.1 Å². The summed E-state index contributed by atoms with van der Waals surface area (Å²) in [5.41, 5.74) is -0.938. The first-order valence-electron chi connectivity index (χ1n) is 12.9. The van der Waals surface area contributed by atoms with E-state index in [-0.39, 0.29) is 23.2 Å². The fourth-order valence-electron chi connectivity index (χ4n) is 5.68. The molecule has 210 valence electrons. The summed E-state index contributed by atoms with van der Waals surface area (Å²) in [7, 11) is 0. The van der Waals surface area contributed by atoms with Gasteiger partial charge in [0, 0.05) is 49.2 Å². The van der Waals surface area contributed by atoms with Crippen LogP contribution in [0.3, 0.4) is 0 Å². The number of carbonyl (C=O) groups is 1. The van der Waals surface area contributed by atoms with Gasteiger partial charge in [-0.05, 0) is 30.4 Å². The Labute approximate surface area is 223 Å². The zero-order valence-corrected chi connectivity index (χ0v) is 22.0. The van der Waals surface area contributed by atoms with Crippen LogP contribution in [0.15, 0.2) is 30.7 Å². The number of carboxylic acid groups (broad SMARTS) is 1. The van der Waals surface area contributed by atoms with Crippen LogP contribution in [0.4, 0.5) is 23.9 Å². The maximum absolute atomic E-state index is 14.2. The highest BCUT2D eigenvalue weighted by Crippen LogP contribution is 2.40. The third-order valence-electron chi connectivity index (χ3n) is 7.24. The summed E-state index contributed by atoms with van der Waals surface area (Å²) >= 11 is 0. The molecule has 0 bridgehead atoms. The Morgan fingerprint density at radius 1 is 1.26 bits per heavy atom. The van der Waals surface area contributed by atoms with E-state index in [1.165, 1.54) is 4.90 Å². The predicted molar refractivity (Wildman–Crippen MR) is 138 cm³/mol. The van der Waals surface area contributed by atoms with Crippen LogP contribution in [0.1, 0.15) is 45.4 Å². The Morgan fingerprint density at radius 3 is 2.72 bits per heavy atom. The third-order valence-corrected chi connectivity index (χ3v) is 7.24. The number of nitrogens with one attached hydrogen (secondary N) is 2. The van der Waals surface area contributed by atoms with Crippen molar-refractivity contribution >= 4 is 23.1 Å². The molecule has 2 saturated heterocycles. The van der Waals surface area contributed by atoms with Crippen LogP contribution in [-0.2, 0) is 10.9 Å². The zero-order chi connectivity index (χ0) is 27.9. The number of alkyl halides is 3. The summed E-state index contributed by atoms with van der Waals surface area (Å²) in [4.78, 5) is 26.2. The highest BCUT2D eigenvalue weighted by Gasteiger charge is 2.42. The Morgan fingerprint density at radius 2 is 2.05 bits per heavy atom. The number of likely N-dealkylation sites (tertiary alicyclic amines) is 1. The van der Waals surface area contributed by atoms with Gasteiger partial charge in [0.15, 0.2) is 0 Å². The molecule has 39 heavy (non-hydrogen) atoms. The Kier molecular flexibility index (Phi) is 7.14. The van der Waals surface area contributed by atoms with E-state index < -0.39 is 35.5 Å². The maximum Gasteiger partial charge on any atom is 0.419 e. The number of morpholine rings is 1. The molecule has 3 N–H and O–H groups in total. The average Bonchev–Trinajstić information content (AvgIpc) is 3.27. The fourth-order valence-corrected chi connectivity index (χ4v) is 5.68. The molecule has 0 saturated carbocycles. The fraction of sp³-hybridized carbons (Fsp3) is 0.538. The maximum atomic E-state index is 14.2.